The number of carboxylic acids is 1. The molecule has 1 aliphatic rings. The van der Waals surface area contributed by atoms with Gasteiger partial charge in [-0.2, -0.15) is 0 Å². The fourth-order valence-corrected chi connectivity index (χ4v) is 3.01. The van der Waals surface area contributed by atoms with Crippen LogP contribution in [0.2, 0.25) is 0 Å². The number of fused-ring (bicyclic) bond motifs is 1. The number of hydrogen-bond acceptors (Lipinski definition) is 4. The summed E-state index contributed by atoms with van der Waals surface area (Å²) in [6.07, 6.45) is 1.23. The van der Waals surface area contributed by atoms with Crippen molar-refractivity contribution in [3.05, 3.63) is 59.7 Å². The van der Waals surface area contributed by atoms with E-state index in [0.29, 0.717) is 25.3 Å². The van der Waals surface area contributed by atoms with Crippen LogP contribution < -0.4 is 14.8 Å². The van der Waals surface area contributed by atoms with Crippen LogP contribution in [-0.2, 0) is 16.1 Å². The number of carboxylic acid groups (broad SMARTS) is 1. The first-order chi connectivity index (χ1) is 12.6. The number of hydrogen-bond donors (Lipinski definition) is 2. The molecule has 1 heterocycles. The van der Waals surface area contributed by atoms with E-state index >= 15 is 0 Å². The average Bonchev–Trinajstić information content (AvgIpc) is 2.65. The van der Waals surface area contributed by atoms with Gasteiger partial charge in [-0.05, 0) is 41.7 Å². The monoisotopic (exact) mass is 355 g/mol. The van der Waals surface area contributed by atoms with Gasteiger partial charge in [-0.1, -0.05) is 30.3 Å². The van der Waals surface area contributed by atoms with Gasteiger partial charge in [0.15, 0.2) is 6.61 Å². The molecule has 1 amide bonds. The molecule has 0 bridgehead atoms. The quantitative estimate of drug-likeness (QED) is 0.798. The Hall–Kier alpha value is -3.02. The number of carbonyl (C=O) groups excluding carboxylic acids is 1. The summed E-state index contributed by atoms with van der Waals surface area (Å²) < 4.78 is 10.8. The minimum Gasteiger partial charge on any atom is -0.493 e. The Kier molecular flexibility index (Phi) is 5.73. The van der Waals surface area contributed by atoms with Crippen molar-refractivity contribution < 1.29 is 24.2 Å². The second kappa shape index (κ2) is 8.38. The Morgan fingerprint density at radius 1 is 1.19 bits per heavy atom. The van der Waals surface area contributed by atoms with Crippen molar-refractivity contribution in [1.82, 2.24) is 5.32 Å². The molecule has 0 spiro atoms. The zero-order valence-electron chi connectivity index (χ0n) is 14.3. The van der Waals surface area contributed by atoms with Crippen molar-refractivity contribution in [2.24, 2.45) is 0 Å². The van der Waals surface area contributed by atoms with E-state index in [1.165, 1.54) is 0 Å². The summed E-state index contributed by atoms with van der Waals surface area (Å²) in [5.41, 5.74) is 1.94. The molecule has 1 aliphatic heterocycles. The number of amides is 1. The van der Waals surface area contributed by atoms with Crippen LogP contribution in [0.25, 0.3) is 0 Å². The van der Waals surface area contributed by atoms with Gasteiger partial charge in [0.2, 0.25) is 5.91 Å². The summed E-state index contributed by atoms with van der Waals surface area (Å²) in [5, 5.41) is 11.6. The van der Waals surface area contributed by atoms with Gasteiger partial charge in [-0.3, -0.25) is 4.79 Å². The predicted molar refractivity (Wildman–Crippen MR) is 95.3 cm³/mol. The largest absolute Gasteiger partial charge is 0.493 e. The first-order valence-corrected chi connectivity index (χ1v) is 8.54. The first kappa shape index (κ1) is 17.8. The minimum absolute atomic E-state index is 0.0245. The molecule has 0 saturated heterocycles. The average molecular weight is 355 g/mol. The second-order valence-corrected chi connectivity index (χ2v) is 6.18. The number of carbonyl (C=O) groups is 2. The number of para-hydroxylation sites is 1. The van der Waals surface area contributed by atoms with Crippen molar-refractivity contribution in [1.29, 1.82) is 0 Å². The summed E-state index contributed by atoms with van der Waals surface area (Å²) in [6, 6.07) is 14.9. The lowest BCUT2D eigenvalue weighted by atomic mass is 9.90. The Bertz CT molecular complexity index is 789. The summed E-state index contributed by atoms with van der Waals surface area (Å²) in [6.45, 7) is 0.602. The van der Waals surface area contributed by atoms with Crippen LogP contribution in [0.15, 0.2) is 48.5 Å². The third kappa shape index (κ3) is 4.75. The van der Waals surface area contributed by atoms with E-state index in [2.05, 4.69) is 5.32 Å². The third-order valence-electron chi connectivity index (χ3n) is 4.26. The Morgan fingerprint density at radius 3 is 2.88 bits per heavy atom. The fourth-order valence-electron chi connectivity index (χ4n) is 3.01. The molecule has 2 aromatic carbocycles. The van der Waals surface area contributed by atoms with Crippen LogP contribution in [0.1, 0.15) is 29.9 Å². The van der Waals surface area contributed by atoms with Gasteiger partial charge in [-0.15, -0.1) is 0 Å². The van der Waals surface area contributed by atoms with Crippen LogP contribution in [0.4, 0.5) is 0 Å². The zero-order chi connectivity index (χ0) is 18.4. The van der Waals surface area contributed by atoms with Gasteiger partial charge in [0, 0.05) is 13.0 Å². The Labute approximate surface area is 151 Å². The molecule has 2 N–H and O–H groups in total. The summed E-state index contributed by atoms with van der Waals surface area (Å²) >= 11 is 0. The molecular formula is C20H21NO5. The zero-order valence-corrected chi connectivity index (χ0v) is 14.3. The van der Waals surface area contributed by atoms with Gasteiger partial charge in [0.25, 0.3) is 0 Å². The van der Waals surface area contributed by atoms with E-state index in [0.717, 1.165) is 23.3 Å². The van der Waals surface area contributed by atoms with E-state index in [4.69, 9.17) is 14.6 Å². The molecule has 6 heteroatoms. The van der Waals surface area contributed by atoms with Crippen molar-refractivity contribution in [3.8, 4) is 11.5 Å². The molecule has 0 fully saturated rings. The second-order valence-electron chi connectivity index (χ2n) is 6.18. The van der Waals surface area contributed by atoms with Gasteiger partial charge in [0.05, 0.1) is 6.61 Å². The van der Waals surface area contributed by atoms with Crippen LogP contribution in [-0.4, -0.2) is 30.2 Å². The molecule has 0 aliphatic carbocycles. The molecule has 136 valence electrons. The summed E-state index contributed by atoms with van der Waals surface area (Å²) in [7, 11) is 0. The molecule has 1 atom stereocenters. The number of nitrogens with one attached hydrogen (secondary N) is 1. The highest BCUT2D eigenvalue weighted by molar-refractivity contribution is 5.77. The van der Waals surface area contributed by atoms with E-state index in [-0.39, 0.29) is 18.4 Å². The smallest absolute Gasteiger partial charge is 0.341 e. The van der Waals surface area contributed by atoms with E-state index in [1.807, 2.05) is 30.3 Å². The molecule has 0 radical (unpaired) electrons. The molecule has 26 heavy (non-hydrogen) atoms. The fraction of sp³-hybridized carbons (Fsp3) is 0.300. The Morgan fingerprint density at radius 2 is 2.04 bits per heavy atom. The minimum atomic E-state index is -1.03. The van der Waals surface area contributed by atoms with Crippen molar-refractivity contribution in [2.45, 2.75) is 25.3 Å². The lowest BCUT2D eigenvalue weighted by Crippen LogP contribution is -2.26. The van der Waals surface area contributed by atoms with Gasteiger partial charge >= 0.3 is 5.97 Å². The van der Waals surface area contributed by atoms with Crippen LogP contribution >= 0.6 is 0 Å². The van der Waals surface area contributed by atoms with Crippen molar-refractivity contribution in [2.75, 3.05) is 13.2 Å². The van der Waals surface area contributed by atoms with Gasteiger partial charge in [-0.25, -0.2) is 4.79 Å². The van der Waals surface area contributed by atoms with Gasteiger partial charge < -0.3 is 19.9 Å². The summed E-state index contributed by atoms with van der Waals surface area (Å²) in [5.74, 6) is 0.437. The highest BCUT2D eigenvalue weighted by Crippen LogP contribution is 2.35. The maximum Gasteiger partial charge on any atom is 0.341 e. The third-order valence-corrected chi connectivity index (χ3v) is 4.26. The first-order valence-electron chi connectivity index (χ1n) is 8.54. The number of rotatable bonds is 7. The van der Waals surface area contributed by atoms with E-state index < -0.39 is 5.97 Å². The molecular weight excluding hydrogens is 334 g/mol. The van der Waals surface area contributed by atoms with Crippen molar-refractivity contribution in [3.63, 3.8) is 0 Å². The van der Waals surface area contributed by atoms with E-state index in [9.17, 15) is 9.59 Å². The standard InChI is InChI=1S/C20H21NO5/c22-19(11-15-8-9-25-18-7-2-1-6-17(15)18)21-12-14-4-3-5-16(10-14)26-13-20(23)24/h1-7,10,15H,8-9,11-13H2,(H,21,22)(H,23,24). The molecule has 2 aromatic rings. The predicted octanol–water partition coefficient (Wildman–Crippen LogP) is 2.72. The number of ether oxygens (including phenoxy) is 2. The van der Waals surface area contributed by atoms with Crippen LogP contribution in [0.3, 0.4) is 0 Å². The lowest BCUT2D eigenvalue weighted by molar-refractivity contribution is -0.139. The maximum absolute atomic E-state index is 12.3. The van der Waals surface area contributed by atoms with Crippen LogP contribution in [0, 0.1) is 0 Å². The molecule has 3 rings (SSSR count). The highest BCUT2D eigenvalue weighted by atomic mass is 16.5. The van der Waals surface area contributed by atoms with Gasteiger partial charge in [0.1, 0.15) is 11.5 Å². The van der Waals surface area contributed by atoms with Crippen LogP contribution in [0.5, 0.6) is 11.5 Å². The molecule has 6 nitrogen and oxygen atoms in total. The normalized spacial score (nSPS) is 15.5. The van der Waals surface area contributed by atoms with E-state index in [1.54, 1.807) is 18.2 Å². The van der Waals surface area contributed by atoms with Crippen molar-refractivity contribution >= 4 is 11.9 Å². The molecule has 0 aromatic heterocycles. The topological polar surface area (TPSA) is 84.9 Å². The lowest BCUT2D eigenvalue weighted by Gasteiger charge is -2.25. The molecule has 1 unspecified atom stereocenters. The maximum atomic E-state index is 12.3. The Balaban J connectivity index is 1.53. The molecule has 0 saturated carbocycles. The SMILES string of the molecule is O=C(O)COc1cccc(CNC(=O)CC2CCOc3ccccc32)c1. The highest BCUT2D eigenvalue weighted by Gasteiger charge is 2.23. The summed E-state index contributed by atoms with van der Waals surface area (Å²) in [4.78, 5) is 22.9. The number of benzene rings is 2. The number of aliphatic carboxylic acids is 1.